The van der Waals surface area contributed by atoms with Gasteiger partial charge in [0, 0.05) is 5.41 Å². The summed E-state index contributed by atoms with van der Waals surface area (Å²) in [6.07, 6.45) is 3.58. The summed E-state index contributed by atoms with van der Waals surface area (Å²) >= 11 is 0. The molecule has 0 unspecified atom stereocenters. The number of carbonyl (C=O) groups is 1. The lowest BCUT2D eigenvalue weighted by atomic mass is 10.0. The number of hydrogen-bond acceptors (Lipinski definition) is 2. The lowest BCUT2D eigenvalue weighted by Gasteiger charge is -2.03. The van der Waals surface area contributed by atoms with Crippen molar-refractivity contribution in [2.75, 3.05) is 7.11 Å². The fourth-order valence-corrected chi connectivity index (χ4v) is 0.557. The SMILES string of the molecule is CC(C)(C)C=O.CCCC.COc1ccccc1. The van der Waals surface area contributed by atoms with Crippen LogP contribution in [0.25, 0.3) is 0 Å². The molecular weight excluding hydrogens is 224 g/mol. The average Bonchev–Trinajstić information content (AvgIpc) is 2.40. The molecular formula is C16H28O2. The predicted octanol–water partition coefficient (Wildman–Crippen LogP) is 4.73. The fraction of sp³-hybridized carbons (Fsp3) is 0.562. The maximum absolute atomic E-state index is 9.83. The first-order chi connectivity index (χ1) is 8.41. The summed E-state index contributed by atoms with van der Waals surface area (Å²) in [6, 6.07) is 9.68. The van der Waals surface area contributed by atoms with Gasteiger partial charge in [-0.2, -0.15) is 0 Å². The molecule has 0 aliphatic heterocycles. The third-order valence-corrected chi connectivity index (χ3v) is 1.83. The topological polar surface area (TPSA) is 26.3 Å². The molecule has 18 heavy (non-hydrogen) atoms. The Morgan fingerprint density at radius 2 is 1.44 bits per heavy atom. The number of aldehydes is 1. The monoisotopic (exact) mass is 252 g/mol. The van der Waals surface area contributed by atoms with E-state index < -0.39 is 0 Å². The van der Waals surface area contributed by atoms with E-state index in [1.165, 1.54) is 12.8 Å². The Balaban J connectivity index is 0. The van der Waals surface area contributed by atoms with Gasteiger partial charge in [0.1, 0.15) is 12.0 Å². The van der Waals surface area contributed by atoms with E-state index in [0.29, 0.717) is 0 Å². The minimum atomic E-state index is -0.139. The minimum absolute atomic E-state index is 0.139. The van der Waals surface area contributed by atoms with Gasteiger partial charge < -0.3 is 9.53 Å². The molecule has 1 rings (SSSR count). The van der Waals surface area contributed by atoms with E-state index in [0.717, 1.165) is 12.0 Å². The van der Waals surface area contributed by atoms with Crippen LogP contribution in [0.3, 0.4) is 0 Å². The third kappa shape index (κ3) is 17.1. The van der Waals surface area contributed by atoms with Crippen molar-refractivity contribution in [3.63, 3.8) is 0 Å². The van der Waals surface area contributed by atoms with Crippen molar-refractivity contribution in [1.82, 2.24) is 0 Å². The van der Waals surface area contributed by atoms with Crippen LogP contribution in [0.2, 0.25) is 0 Å². The van der Waals surface area contributed by atoms with Gasteiger partial charge >= 0.3 is 0 Å². The number of benzene rings is 1. The van der Waals surface area contributed by atoms with E-state index >= 15 is 0 Å². The molecule has 1 aromatic carbocycles. The number of para-hydroxylation sites is 1. The van der Waals surface area contributed by atoms with Crippen molar-refractivity contribution in [3.8, 4) is 5.75 Å². The smallest absolute Gasteiger partial charge is 0.125 e. The molecule has 0 spiro atoms. The van der Waals surface area contributed by atoms with Crippen molar-refractivity contribution < 1.29 is 9.53 Å². The Hall–Kier alpha value is -1.31. The average molecular weight is 252 g/mol. The Labute approximate surface area is 112 Å². The van der Waals surface area contributed by atoms with Crippen molar-refractivity contribution >= 4 is 6.29 Å². The van der Waals surface area contributed by atoms with Crippen LogP contribution in [0.1, 0.15) is 47.5 Å². The largest absolute Gasteiger partial charge is 0.497 e. The second kappa shape index (κ2) is 12.2. The first-order valence-corrected chi connectivity index (χ1v) is 6.46. The third-order valence-electron chi connectivity index (χ3n) is 1.83. The van der Waals surface area contributed by atoms with Crippen LogP contribution < -0.4 is 4.74 Å². The van der Waals surface area contributed by atoms with Crippen LogP contribution in [0, 0.1) is 5.41 Å². The van der Waals surface area contributed by atoms with Gasteiger partial charge in [-0.15, -0.1) is 0 Å². The first kappa shape index (κ1) is 19.0. The summed E-state index contributed by atoms with van der Waals surface area (Å²) in [6.45, 7) is 9.99. The second-order valence-corrected chi connectivity index (χ2v) is 5.00. The van der Waals surface area contributed by atoms with Crippen molar-refractivity contribution in [3.05, 3.63) is 30.3 Å². The van der Waals surface area contributed by atoms with Gasteiger partial charge in [0.05, 0.1) is 7.11 Å². The fourth-order valence-electron chi connectivity index (χ4n) is 0.557. The number of ether oxygens (including phenoxy) is 1. The lowest BCUT2D eigenvalue weighted by molar-refractivity contribution is -0.113. The van der Waals surface area contributed by atoms with E-state index in [9.17, 15) is 4.79 Å². The molecule has 0 aliphatic rings. The molecule has 0 atom stereocenters. The Morgan fingerprint density at radius 1 is 1.06 bits per heavy atom. The standard InChI is InChI=1S/C7H8O.C5H10O.C4H10/c1-8-7-5-3-2-4-6-7;1-5(2,3)4-6;1-3-4-2/h2-6H,1H3;4H,1-3H3;3-4H2,1-2H3. The highest BCUT2D eigenvalue weighted by molar-refractivity contribution is 5.56. The zero-order valence-corrected chi connectivity index (χ0v) is 12.7. The Kier molecular flexibility index (Phi) is 12.9. The van der Waals surface area contributed by atoms with Gasteiger partial charge in [-0.05, 0) is 12.1 Å². The van der Waals surface area contributed by atoms with Crippen LogP contribution in [0.5, 0.6) is 5.75 Å². The number of unbranched alkanes of at least 4 members (excludes halogenated alkanes) is 1. The molecule has 0 fully saturated rings. The molecule has 1 aromatic rings. The Morgan fingerprint density at radius 3 is 1.61 bits per heavy atom. The van der Waals surface area contributed by atoms with Crippen LogP contribution in [-0.4, -0.2) is 13.4 Å². The summed E-state index contributed by atoms with van der Waals surface area (Å²) < 4.78 is 4.91. The van der Waals surface area contributed by atoms with Gasteiger partial charge in [0.15, 0.2) is 0 Å². The molecule has 104 valence electrons. The molecule has 0 heterocycles. The summed E-state index contributed by atoms with van der Waals surface area (Å²) in [5.74, 6) is 0.910. The quantitative estimate of drug-likeness (QED) is 0.711. The first-order valence-electron chi connectivity index (χ1n) is 6.46. The number of methoxy groups -OCH3 is 1. The normalized spacial score (nSPS) is 9.22. The zero-order valence-electron chi connectivity index (χ0n) is 12.7. The molecule has 0 aromatic heterocycles. The van der Waals surface area contributed by atoms with Crippen LogP contribution in [-0.2, 0) is 4.79 Å². The second-order valence-electron chi connectivity index (χ2n) is 5.00. The summed E-state index contributed by atoms with van der Waals surface area (Å²) in [5.41, 5.74) is -0.139. The number of rotatable bonds is 2. The van der Waals surface area contributed by atoms with Crippen molar-refractivity contribution in [1.29, 1.82) is 0 Å². The van der Waals surface area contributed by atoms with E-state index in [4.69, 9.17) is 4.74 Å². The van der Waals surface area contributed by atoms with Gasteiger partial charge in [-0.1, -0.05) is 65.7 Å². The summed E-state index contributed by atoms with van der Waals surface area (Å²) in [4.78, 5) is 9.83. The van der Waals surface area contributed by atoms with Gasteiger partial charge in [0.2, 0.25) is 0 Å². The summed E-state index contributed by atoms with van der Waals surface area (Å²) in [7, 11) is 1.66. The molecule has 0 N–H and O–H groups in total. The maximum Gasteiger partial charge on any atom is 0.125 e. The lowest BCUT2D eigenvalue weighted by Crippen LogP contribution is -2.04. The van der Waals surface area contributed by atoms with Crippen LogP contribution >= 0.6 is 0 Å². The molecule has 2 nitrogen and oxygen atoms in total. The molecule has 0 aliphatic carbocycles. The van der Waals surface area contributed by atoms with Gasteiger partial charge in [-0.3, -0.25) is 0 Å². The maximum atomic E-state index is 9.83. The van der Waals surface area contributed by atoms with Crippen molar-refractivity contribution in [2.24, 2.45) is 5.41 Å². The molecule has 0 saturated heterocycles. The highest BCUT2D eigenvalue weighted by Gasteiger charge is 2.04. The number of hydrogen-bond donors (Lipinski definition) is 0. The Bertz CT molecular complexity index is 271. The van der Waals surface area contributed by atoms with E-state index in [1.54, 1.807) is 7.11 Å². The highest BCUT2D eigenvalue weighted by Crippen LogP contribution is 2.06. The van der Waals surface area contributed by atoms with Crippen LogP contribution in [0.15, 0.2) is 30.3 Å². The molecule has 2 heteroatoms. The van der Waals surface area contributed by atoms with E-state index in [1.807, 2.05) is 51.1 Å². The van der Waals surface area contributed by atoms with Gasteiger partial charge in [0.25, 0.3) is 0 Å². The predicted molar refractivity (Wildman–Crippen MR) is 79.1 cm³/mol. The van der Waals surface area contributed by atoms with E-state index in [2.05, 4.69) is 13.8 Å². The minimum Gasteiger partial charge on any atom is -0.497 e. The number of carbonyl (C=O) groups excluding carboxylic acids is 1. The van der Waals surface area contributed by atoms with Crippen LogP contribution in [0.4, 0.5) is 0 Å². The highest BCUT2D eigenvalue weighted by atomic mass is 16.5. The molecule has 0 saturated carbocycles. The molecule has 0 bridgehead atoms. The van der Waals surface area contributed by atoms with E-state index in [-0.39, 0.29) is 5.41 Å². The molecule has 0 amide bonds. The zero-order chi connectivity index (χ0) is 14.4. The molecule has 0 radical (unpaired) electrons. The summed E-state index contributed by atoms with van der Waals surface area (Å²) in [5, 5.41) is 0. The van der Waals surface area contributed by atoms with Crippen molar-refractivity contribution in [2.45, 2.75) is 47.5 Å². The van der Waals surface area contributed by atoms with Gasteiger partial charge in [-0.25, -0.2) is 0 Å².